The van der Waals surface area contributed by atoms with Gasteiger partial charge < -0.3 is 11.1 Å². The fourth-order valence-electron chi connectivity index (χ4n) is 1.58. The Labute approximate surface area is 97.0 Å². The number of carbonyl (C=O) groups is 1. The van der Waals surface area contributed by atoms with Gasteiger partial charge in [0, 0.05) is 18.2 Å². The minimum absolute atomic E-state index is 0.0445. The van der Waals surface area contributed by atoms with Crippen molar-refractivity contribution in [1.29, 1.82) is 0 Å². The molecule has 1 aromatic carbocycles. The number of nitrogens with two attached hydrogens (primary N) is 1. The third-order valence-electron chi connectivity index (χ3n) is 2.32. The predicted molar refractivity (Wildman–Crippen MR) is 67.1 cm³/mol. The normalized spacial score (nSPS) is 12.6. The molecule has 0 saturated carbocycles. The Morgan fingerprint density at radius 3 is 2.50 bits per heavy atom. The zero-order valence-electron chi connectivity index (χ0n) is 10.2. The first-order chi connectivity index (χ1) is 7.50. The summed E-state index contributed by atoms with van der Waals surface area (Å²) in [5, 5.41) is 2.90. The maximum atomic E-state index is 11.6. The molecule has 16 heavy (non-hydrogen) atoms. The van der Waals surface area contributed by atoms with E-state index in [1.807, 2.05) is 45.0 Å². The average Bonchev–Trinajstić information content (AvgIpc) is 2.16. The fourth-order valence-corrected chi connectivity index (χ4v) is 1.58. The molecule has 0 radical (unpaired) electrons. The van der Waals surface area contributed by atoms with Crippen LogP contribution in [0.2, 0.25) is 0 Å². The van der Waals surface area contributed by atoms with Crippen LogP contribution in [0.4, 0.5) is 5.69 Å². The molecule has 1 unspecified atom stereocenters. The van der Waals surface area contributed by atoms with E-state index in [1.165, 1.54) is 0 Å². The maximum Gasteiger partial charge on any atom is 0.224 e. The molecule has 88 valence electrons. The van der Waals surface area contributed by atoms with Gasteiger partial charge in [-0.15, -0.1) is 0 Å². The molecule has 0 fully saturated rings. The van der Waals surface area contributed by atoms with Crippen LogP contribution < -0.4 is 11.1 Å². The molecular weight excluding hydrogens is 200 g/mol. The summed E-state index contributed by atoms with van der Waals surface area (Å²) in [4.78, 5) is 11.6. The minimum atomic E-state index is -0.0736. The molecule has 1 aromatic rings. The second kappa shape index (κ2) is 5.66. The SMILES string of the molecule is CC(C)CC(=O)Nc1ccccc1C(C)N. The fraction of sp³-hybridized carbons (Fsp3) is 0.462. The van der Waals surface area contributed by atoms with Gasteiger partial charge in [0.25, 0.3) is 0 Å². The van der Waals surface area contributed by atoms with Crippen LogP contribution in [-0.2, 0) is 4.79 Å². The van der Waals surface area contributed by atoms with Crippen LogP contribution in [0.5, 0.6) is 0 Å². The van der Waals surface area contributed by atoms with Crippen LogP contribution in [0.1, 0.15) is 38.8 Å². The molecule has 1 atom stereocenters. The number of carbonyl (C=O) groups excluding carboxylic acids is 1. The Morgan fingerprint density at radius 1 is 1.31 bits per heavy atom. The summed E-state index contributed by atoms with van der Waals surface area (Å²) >= 11 is 0. The van der Waals surface area contributed by atoms with Crippen molar-refractivity contribution in [2.75, 3.05) is 5.32 Å². The summed E-state index contributed by atoms with van der Waals surface area (Å²) in [6.45, 7) is 5.96. The molecule has 0 aliphatic heterocycles. The van der Waals surface area contributed by atoms with Crippen molar-refractivity contribution in [2.45, 2.75) is 33.2 Å². The van der Waals surface area contributed by atoms with E-state index in [2.05, 4.69) is 5.32 Å². The molecule has 0 heterocycles. The minimum Gasteiger partial charge on any atom is -0.326 e. The third kappa shape index (κ3) is 3.66. The molecular formula is C13H20N2O. The number of amides is 1. The Morgan fingerprint density at radius 2 is 1.94 bits per heavy atom. The molecule has 0 aliphatic rings. The van der Waals surface area contributed by atoms with Crippen LogP contribution in [0, 0.1) is 5.92 Å². The van der Waals surface area contributed by atoms with Crippen LogP contribution in [-0.4, -0.2) is 5.91 Å². The molecule has 0 bridgehead atoms. The highest BCUT2D eigenvalue weighted by atomic mass is 16.1. The quantitative estimate of drug-likeness (QED) is 0.819. The lowest BCUT2D eigenvalue weighted by molar-refractivity contribution is -0.116. The Kier molecular flexibility index (Phi) is 4.50. The average molecular weight is 220 g/mol. The van der Waals surface area contributed by atoms with Crippen molar-refractivity contribution in [3.05, 3.63) is 29.8 Å². The lowest BCUT2D eigenvalue weighted by atomic mass is 10.1. The van der Waals surface area contributed by atoms with Gasteiger partial charge in [-0.05, 0) is 24.5 Å². The van der Waals surface area contributed by atoms with Crippen molar-refractivity contribution in [3.8, 4) is 0 Å². The van der Waals surface area contributed by atoms with Gasteiger partial charge in [-0.25, -0.2) is 0 Å². The summed E-state index contributed by atoms with van der Waals surface area (Å²) < 4.78 is 0. The molecule has 3 N–H and O–H groups in total. The van der Waals surface area contributed by atoms with Crippen molar-refractivity contribution >= 4 is 11.6 Å². The molecule has 0 spiro atoms. The van der Waals surface area contributed by atoms with E-state index in [-0.39, 0.29) is 11.9 Å². The van der Waals surface area contributed by atoms with Gasteiger partial charge in [0.2, 0.25) is 5.91 Å². The molecule has 3 nitrogen and oxygen atoms in total. The van der Waals surface area contributed by atoms with Crippen molar-refractivity contribution < 1.29 is 4.79 Å². The van der Waals surface area contributed by atoms with E-state index in [9.17, 15) is 4.79 Å². The zero-order valence-corrected chi connectivity index (χ0v) is 10.2. The molecule has 1 rings (SSSR count). The summed E-state index contributed by atoms with van der Waals surface area (Å²) in [5.41, 5.74) is 7.63. The number of nitrogens with one attached hydrogen (secondary N) is 1. The zero-order chi connectivity index (χ0) is 12.1. The van der Waals surface area contributed by atoms with Crippen molar-refractivity contribution in [3.63, 3.8) is 0 Å². The predicted octanol–water partition coefficient (Wildman–Crippen LogP) is 2.69. The van der Waals surface area contributed by atoms with Crippen molar-refractivity contribution in [2.24, 2.45) is 11.7 Å². The first kappa shape index (κ1) is 12.7. The summed E-state index contributed by atoms with van der Waals surface area (Å²) in [6.07, 6.45) is 0.535. The van der Waals surface area contributed by atoms with Gasteiger partial charge in [-0.2, -0.15) is 0 Å². The second-order valence-electron chi connectivity index (χ2n) is 4.52. The molecule has 1 amide bonds. The van der Waals surface area contributed by atoms with Gasteiger partial charge in [0.15, 0.2) is 0 Å². The van der Waals surface area contributed by atoms with Crippen LogP contribution in [0.3, 0.4) is 0 Å². The first-order valence-corrected chi connectivity index (χ1v) is 5.65. The number of anilines is 1. The maximum absolute atomic E-state index is 11.6. The number of benzene rings is 1. The van der Waals surface area contributed by atoms with Gasteiger partial charge >= 0.3 is 0 Å². The van der Waals surface area contributed by atoms with E-state index < -0.39 is 0 Å². The van der Waals surface area contributed by atoms with E-state index in [4.69, 9.17) is 5.73 Å². The standard InChI is InChI=1S/C13H20N2O/c1-9(2)8-13(16)15-12-7-5-4-6-11(12)10(3)14/h4-7,9-10H,8,14H2,1-3H3,(H,15,16). The van der Waals surface area contributed by atoms with Crippen molar-refractivity contribution in [1.82, 2.24) is 0 Å². The number of para-hydroxylation sites is 1. The molecule has 0 saturated heterocycles. The summed E-state index contributed by atoms with van der Waals surface area (Å²) in [6, 6.07) is 7.58. The van der Waals surface area contributed by atoms with E-state index in [0.29, 0.717) is 12.3 Å². The number of hydrogen-bond acceptors (Lipinski definition) is 2. The largest absolute Gasteiger partial charge is 0.326 e. The van der Waals surface area contributed by atoms with Gasteiger partial charge in [0.05, 0.1) is 0 Å². The van der Waals surface area contributed by atoms with Crippen LogP contribution in [0.25, 0.3) is 0 Å². The number of hydrogen-bond donors (Lipinski definition) is 2. The highest BCUT2D eigenvalue weighted by molar-refractivity contribution is 5.91. The second-order valence-corrected chi connectivity index (χ2v) is 4.52. The highest BCUT2D eigenvalue weighted by Crippen LogP contribution is 2.21. The smallest absolute Gasteiger partial charge is 0.224 e. The lowest BCUT2D eigenvalue weighted by Gasteiger charge is -2.14. The van der Waals surface area contributed by atoms with E-state index >= 15 is 0 Å². The Hall–Kier alpha value is -1.35. The van der Waals surface area contributed by atoms with E-state index in [0.717, 1.165) is 11.3 Å². The summed E-state index contributed by atoms with van der Waals surface area (Å²) in [7, 11) is 0. The monoisotopic (exact) mass is 220 g/mol. The molecule has 3 heteroatoms. The topological polar surface area (TPSA) is 55.1 Å². The van der Waals surface area contributed by atoms with E-state index in [1.54, 1.807) is 0 Å². The Bertz CT molecular complexity index is 359. The van der Waals surface area contributed by atoms with Crippen LogP contribution >= 0.6 is 0 Å². The van der Waals surface area contributed by atoms with Gasteiger partial charge in [0.1, 0.15) is 0 Å². The summed E-state index contributed by atoms with van der Waals surface area (Å²) in [5.74, 6) is 0.408. The van der Waals surface area contributed by atoms with Gasteiger partial charge in [-0.1, -0.05) is 32.0 Å². The van der Waals surface area contributed by atoms with Gasteiger partial charge in [-0.3, -0.25) is 4.79 Å². The molecule has 0 aromatic heterocycles. The number of rotatable bonds is 4. The molecule has 0 aliphatic carbocycles. The lowest BCUT2D eigenvalue weighted by Crippen LogP contribution is -2.17. The Balaban J connectivity index is 2.77. The highest BCUT2D eigenvalue weighted by Gasteiger charge is 2.10. The third-order valence-corrected chi connectivity index (χ3v) is 2.32. The van der Waals surface area contributed by atoms with Crippen LogP contribution in [0.15, 0.2) is 24.3 Å². The first-order valence-electron chi connectivity index (χ1n) is 5.65.